The van der Waals surface area contributed by atoms with E-state index in [0.717, 1.165) is 6.07 Å². The van der Waals surface area contributed by atoms with E-state index in [1.54, 1.807) is 38.1 Å². The lowest BCUT2D eigenvalue weighted by molar-refractivity contribution is -0.122. The normalized spacial score (nSPS) is 11.9. The van der Waals surface area contributed by atoms with Gasteiger partial charge in [0.15, 0.2) is 11.9 Å². The van der Waals surface area contributed by atoms with Gasteiger partial charge in [-0.1, -0.05) is 31.2 Å². The van der Waals surface area contributed by atoms with Crippen LogP contribution in [0.1, 0.15) is 35.0 Å². The molecule has 0 aliphatic carbocycles. The number of furan rings is 1. The second-order valence-electron chi connectivity index (χ2n) is 7.55. The second-order valence-corrected chi connectivity index (χ2v) is 7.55. The summed E-state index contributed by atoms with van der Waals surface area (Å²) in [7, 11) is 0. The zero-order chi connectivity index (χ0) is 23.5. The number of hydrogen-bond acceptors (Lipinski definition) is 4. The third-order valence-electron chi connectivity index (χ3n) is 5.24. The fourth-order valence-electron chi connectivity index (χ4n) is 3.40. The molecule has 0 fully saturated rings. The van der Waals surface area contributed by atoms with E-state index in [9.17, 15) is 18.4 Å². The van der Waals surface area contributed by atoms with Gasteiger partial charge in [-0.25, -0.2) is 8.78 Å². The van der Waals surface area contributed by atoms with Gasteiger partial charge in [-0.3, -0.25) is 9.59 Å². The van der Waals surface area contributed by atoms with Crippen molar-refractivity contribution in [2.24, 2.45) is 0 Å². The number of aryl methyl sites for hydroxylation is 1. The summed E-state index contributed by atoms with van der Waals surface area (Å²) in [6.07, 6.45) is -0.574. The van der Waals surface area contributed by atoms with E-state index in [4.69, 9.17) is 9.15 Å². The number of ether oxygens (including phenoxy) is 1. The second kappa shape index (κ2) is 9.24. The molecule has 0 spiro atoms. The zero-order valence-corrected chi connectivity index (χ0v) is 18.0. The highest BCUT2D eigenvalue weighted by atomic mass is 19.1. The molecule has 1 amide bonds. The molecule has 1 heterocycles. The highest BCUT2D eigenvalue weighted by Gasteiger charge is 2.27. The lowest BCUT2D eigenvalue weighted by Gasteiger charge is -2.17. The fourth-order valence-corrected chi connectivity index (χ4v) is 3.40. The SMILES string of the molecule is CCC(Oc1ccc(F)cc1)C(=O)Nc1c(C(=O)c2ccc(C)c(F)c2)oc2ccccc12. The Kier molecular flexibility index (Phi) is 6.22. The first-order valence-corrected chi connectivity index (χ1v) is 10.4. The molecule has 0 saturated carbocycles. The van der Waals surface area contributed by atoms with Gasteiger partial charge < -0.3 is 14.5 Å². The summed E-state index contributed by atoms with van der Waals surface area (Å²) in [6.45, 7) is 3.37. The molecule has 33 heavy (non-hydrogen) atoms. The number of carbonyl (C=O) groups excluding carboxylic acids is 2. The molecule has 0 saturated heterocycles. The number of anilines is 1. The number of amides is 1. The summed E-state index contributed by atoms with van der Waals surface area (Å²) in [5.41, 5.74) is 1.09. The summed E-state index contributed by atoms with van der Waals surface area (Å²) < 4.78 is 38.7. The largest absolute Gasteiger partial charge is 0.481 e. The number of para-hydroxylation sites is 1. The Labute approximate surface area is 189 Å². The van der Waals surface area contributed by atoms with Gasteiger partial charge in [-0.05, 0) is 61.4 Å². The van der Waals surface area contributed by atoms with Crippen molar-refractivity contribution in [2.45, 2.75) is 26.4 Å². The number of fused-ring (bicyclic) bond motifs is 1. The molecule has 4 aromatic rings. The van der Waals surface area contributed by atoms with E-state index in [2.05, 4.69) is 5.32 Å². The molecular weight excluding hydrogens is 428 g/mol. The topological polar surface area (TPSA) is 68.5 Å². The third-order valence-corrected chi connectivity index (χ3v) is 5.24. The summed E-state index contributed by atoms with van der Waals surface area (Å²) in [5.74, 6) is -1.77. The molecule has 1 atom stereocenters. The molecule has 168 valence electrons. The highest BCUT2D eigenvalue weighted by molar-refractivity contribution is 6.17. The maximum atomic E-state index is 14.1. The highest BCUT2D eigenvalue weighted by Crippen LogP contribution is 2.33. The molecule has 0 aliphatic heterocycles. The van der Waals surface area contributed by atoms with Crippen LogP contribution in [0, 0.1) is 18.6 Å². The van der Waals surface area contributed by atoms with Crippen LogP contribution in [0.15, 0.2) is 71.1 Å². The number of hydrogen-bond donors (Lipinski definition) is 1. The Hall–Kier alpha value is -4.00. The molecule has 1 aromatic heterocycles. The van der Waals surface area contributed by atoms with Gasteiger partial charge >= 0.3 is 0 Å². The van der Waals surface area contributed by atoms with E-state index in [0.29, 0.717) is 28.7 Å². The van der Waals surface area contributed by atoms with Gasteiger partial charge in [-0.15, -0.1) is 0 Å². The minimum Gasteiger partial charge on any atom is -0.481 e. The molecule has 5 nitrogen and oxygen atoms in total. The van der Waals surface area contributed by atoms with Gasteiger partial charge in [0.1, 0.15) is 23.0 Å². The van der Waals surface area contributed by atoms with Gasteiger partial charge in [-0.2, -0.15) is 0 Å². The van der Waals surface area contributed by atoms with Crippen molar-refractivity contribution >= 4 is 28.3 Å². The first kappa shape index (κ1) is 22.2. The number of benzene rings is 3. The summed E-state index contributed by atoms with van der Waals surface area (Å²) in [4.78, 5) is 26.2. The van der Waals surface area contributed by atoms with Crippen LogP contribution < -0.4 is 10.1 Å². The Balaban J connectivity index is 1.67. The Morgan fingerprint density at radius 2 is 1.76 bits per heavy atom. The van der Waals surface area contributed by atoms with Crippen molar-refractivity contribution in [2.75, 3.05) is 5.32 Å². The van der Waals surface area contributed by atoms with Crippen molar-refractivity contribution < 1.29 is 27.5 Å². The fraction of sp³-hybridized carbons (Fsp3) is 0.154. The average Bonchev–Trinajstić information content (AvgIpc) is 3.18. The van der Waals surface area contributed by atoms with Crippen molar-refractivity contribution in [1.29, 1.82) is 0 Å². The van der Waals surface area contributed by atoms with Crippen LogP contribution >= 0.6 is 0 Å². The first-order valence-electron chi connectivity index (χ1n) is 10.4. The van der Waals surface area contributed by atoms with Crippen LogP contribution in [-0.2, 0) is 4.79 Å². The van der Waals surface area contributed by atoms with Gasteiger partial charge in [0.25, 0.3) is 5.91 Å². The average molecular weight is 449 g/mol. The zero-order valence-electron chi connectivity index (χ0n) is 18.0. The summed E-state index contributed by atoms with van der Waals surface area (Å²) >= 11 is 0. The Bertz CT molecular complexity index is 1330. The minimum atomic E-state index is -0.899. The van der Waals surface area contributed by atoms with Crippen LogP contribution in [0.3, 0.4) is 0 Å². The van der Waals surface area contributed by atoms with E-state index < -0.39 is 29.4 Å². The van der Waals surface area contributed by atoms with Crippen LogP contribution in [0.25, 0.3) is 11.0 Å². The van der Waals surface area contributed by atoms with Crippen LogP contribution in [0.2, 0.25) is 0 Å². The first-order chi connectivity index (χ1) is 15.9. The Morgan fingerprint density at radius 1 is 1.03 bits per heavy atom. The predicted octanol–water partition coefficient (Wildman–Crippen LogP) is 6.05. The molecule has 7 heteroatoms. The maximum Gasteiger partial charge on any atom is 0.265 e. The quantitative estimate of drug-likeness (QED) is 0.349. The van der Waals surface area contributed by atoms with Crippen molar-refractivity contribution in [3.63, 3.8) is 0 Å². The van der Waals surface area contributed by atoms with Crippen LogP contribution in [0.4, 0.5) is 14.5 Å². The van der Waals surface area contributed by atoms with Crippen molar-refractivity contribution in [3.8, 4) is 5.75 Å². The van der Waals surface area contributed by atoms with Gasteiger partial charge in [0, 0.05) is 10.9 Å². The minimum absolute atomic E-state index is 0.0993. The molecular formula is C26H21F2NO4. The van der Waals surface area contributed by atoms with E-state index in [-0.39, 0.29) is 17.0 Å². The van der Waals surface area contributed by atoms with Gasteiger partial charge in [0.05, 0.1) is 5.69 Å². The molecule has 0 radical (unpaired) electrons. The number of ketones is 1. The Morgan fingerprint density at radius 3 is 2.45 bits per heavy atom. The summed E-state index contributed by atoms with van der Waals surface area (Å²) in [5, 5.41) is 3.27. The standard InChI is InChI=1S/C26H21F2NO4/c1-3-21(32-18-12-10-17(27)11-13-18)26(31)29-23-19-6-4-5-7-22(19)33-25(23)24(30)16-9-8-15(2)20(28)14-16/h4-14,21H,3H2,1-2H3,(H,29,31). The summed E-state index contributed by atoms with van der Waals surface area (Å²) in [6, 6.07) is 16.4. The molecule has 0 bridgehead atoms. The molecule has 4 rings (SSSR count). The van der Waals surface area contributed by atoms with E-state index in [1.165, 1.54) is 36.4 Å². The smallest absolute Gasteiger partial charge is 0.265 e. The molecule has 1 N–H and O–H groups in total. The number of rotatable bonds is 7. The van der Waals surface area contributed by atoms with Crippen LogP contribution in [-0.4, -0.2) is 17.8 Å². The monoisotopic (exact) mass is 449 g/mol. The van der Waals surface area contributed by atoms with Crippen LogP contribution in [0.5, 0.6) is 5.75 Å². The predicted molar refractivity (Wildman–Crippen MR) is 121 cm³/mol. The number of nitrogens with one attached hydrogen (secondary N) is 1. The number of halogens is 2. The number of carbonyl (C=O) groups is 2. The van der Waals surface area contributed by atoms with E-state index in [1.807, 2.05) is 0 Å². The molecule has 0 aliphatic rings. The third kappa shape index (κ3) is 4.62. The van der Waals surface area contributed by atoms with Crippen molar-refractivity contribution in [1.82, 2.24) is 0 Å². The van der Waals surface area contributed by atoms with Gasteiger partial charge in [0.2, 0.25) is 5.78 Å². The molecule has 3 aromatic carbocycles. The van der Waals surface area contributed by atoms with Crippen molar-refractivity contribution in [3.05, 3.63) is 95.3 Å². The maximum absolute atomic E-state index is 14.1. The van der Waals surface area contributed by atoms with E-state index >= 15 is 0 Å². The molecule has 1 unspecified atom stereocenters. The lowest BCUT2D eigenvalue weighted by atomic mass is 10.0. The lowest BCUT2D eigenvalue weighted by Crippen LogP contribution is -2.32.